The van der Waals surface area contributed by atoms with Crippen molar-refractivity contribution in [2.75, 3.05) is 18.0 Å². The second-order valence-electron chi connectivity index (χ2n) is 8.39. The first-order valence-electron chi connectivity index (χ1n) is 10.6. The van der Waals surface area contributed by atoms with Crippen molar-refractivity contribution in [3.05, 3.63) is 48.2 Å². The van der Waals surface area contributed by atoms with Crippen molar-refractivity contribution >= 4 is 23.7 Å². The molecule has 3 heterocycles. The summed E-state index contributed by atoms with van der Waals surface area (Å²) in [7, 11) is 1.75. The topological polar surface area (TPSA) is 97.2 Å². The number of carbonyl (C=O) groups is 3. The van der Waals surface area contributed by atoms with Gasteiger partial charge in [0.25, 0.3) is 5.91 Å². The van der Waals surface area contributed by atoms with Gasteiger partial charge >= 0.3 is 6.09 Å². The average molecular weight is 441 g/mol. The Balaban J connectivity index is 1.57. The van der Waals surface area contributed by atoms with Crippen molar-refractivity contribution in [2.45, 2.75) is 39.1 Å². The Labute approximate surface area is 186 Å². The van der Waals surface area contributed by atoms with Crippen LogP contribution in [0.4, 0.5) is 10.6 Å². The molecule has 1 aromatic carbocycles. The minimum absolute atomic E-state index is 0.0381. The number of benzene rings is 1. The third-order valence-electron chi connectivity index (χ3n) is 5.43. The van der Waals surface area contributed by atoms with E-state index in [-0.39, 0.29) is 37.4 Å². The van der Waals surface area contributed by atoms with Crippen LogP contribution in [0, 0.1) is 5.92 Å². The first kappa shape index (κ1) is 21.8. The normalized spacial score (nSPS) is 21.2. The van der Waals surface area contributed by atoms with Crippen LogP contribution in [-0.4, -0.2) is 63.0 Å². The Bertz CT molecular complexity index is 992. The quantitative estimate of drug-likeness (QED) is 0.703. The smallest absolute Gasteiger partial charge is 0.436 e. The summed E-state index contributed by atoms with van der Waals surface area (Å²) in [6.07, 6.45) is -0.232. The van der Waals surface area contributed by atoms with Gasteiger partial charge in [-0.15, -0.1) is 0 Å². The van der Waals surface area contributed by atoms with Gasteiger partial charge < -0.3 is 9.64 Å². The zero-order valence-electron chi connectivity index (χ0n) is 18.4. The summed E-state index contributed by atoms with van der Waals surface area (Å²) in [6.45, 7) is 3.87. The van der Waals surface area contributed by atoms with Crippen LogP contribution in [0.15, 0.2) is 42.6 Å². The van der Waals surface area contributed by atoms with E-state index in [1.54, 1.807) is 24.0 Å². The summed E-state index contributed by atoms with van der Waals surface area (Å²) in [5.74, 6) is 0.0423. The lowest BCUT2D eigenvalue weighted by atomic mass is 10.0. The predicted molar refractivity (Wildman–Crippen MR) is 114 cm³/mol. The van der Waals surface area contributed by atoms with Crippen LogP contribution in [0.1, 0.15) is 25.8 Å². The van der Waals surface area contributed by atoms with E-state index < -0.39 is 18.4 Å². The van der Waals surface area contributed by atoms with E-state index in [1.807, 2.05) is 44.2 Å². The van der Waals surface area contributed by atoms with Gasteiger partial charge in [0.2, 0.25) is 5.91 Å². The van der Waals surface area contributed by atoms with E-state index in [4.69, 9.17) is 9.57 Å². The number of hydrogen-bond acceptors (Lipinski definition) is 6. The molecule has 0 aliphatic carbocycles. The fraction of sp³-hybridized carbons (Fsp3) is 0.455. The van der Waals surface area contributed by atoms with E-state index in [2.05, 4.69) is 5.10 Å². The second-order valence-corrected chi connectivity index (χ2v) is 8.39. The Hall–Kier alpha value is -3.40. The number of hydrogen-bond donors (Lipinski definition) is 0. The second kappa shape index (κ2) is 8.99. The summed E-state index contributed by atoms with van der Waals surface area (Å²) < 4.78 is 7.06. The van der Waals surface area contributed by atoms with Gasteiger partial charge in [-0.3, -0.25) is 24.0 Å². The molecule has 10 nitrogen and oxygen atoms in total. The third-order valence-corrected chi connectivity index (χ3v) is 5.43. The molecule has 0 N–H and O–H groups in total. The summed E-state index contributed by atoms with van der Waals surface area (Å²) in [5.41, 5.74) is 0.832. The van der Waals surface area contributed by atoms with Gasteiger partial charge in [0.05, 0.1) is 6.54 Å². The number of hydroxylamine groups is 2. The van der Waals surface area contributed by atoms with E-state index in [0.717, 1.165) is 10.6 Å². The Morgan fingerprint density at radius 2 is 1.97 bits per heavy atom. The number of anilines is 1. The van der Waals surface area contributed by atoms with E-state index in [0.29, 0.717) is 12.2 Å². The van der Waals surface area contributed by atoms with Crippen molar-refractivity contribution in [3.63, 3.8) is 0 Å². The largest absolute Gasteiger partial charge is 0.443 e. The zero-order valence-corrected chi connectivity index (χ0v) is 18.4. The van der Waals surface area contributed by atoms with Gasteiger partial charge in [0.1, 0.15) is 13.2 Å². The fourth-order valence-electron chi connectivity index (χ4n) is 3.85. The highest BCUT2D eigenvalue weighted by molar-refractivity contribution is 5.98. The van der Waals surface area contributed by atoms with Crippen LogP contribution < -0.4 is 4.90 Å². The fourth-order valence-corrected chi connectivity index (χ4v) is 3.85. The summed E-state index contributed by atoms with van der Waals surface area (Å²) in [6, 6.07) is 11.0. The highest BCUT2D eigenvalue weighted by Crippen LogP contribution is 2.28. The minimum Gasteiger partial charge on any atom is -0.443 e. The highest BCUT2D eigenvalue weighted by atomic mass is 16.7. The Morgan fingerprint density at radius 3 is 2.62 bits per heavy atom. The van der Waals surface area contributed by atoms with Crippen molar-refractivity contribution in [3.8, 4) is 0 Å². The highest BCUT2D eigenvalue weighted by Gasteiger charge is 2.49. The molecule has 0 saturated carbocycles. The lowest BCUT2D eigenvalue weighted by Gasteiger charge is -2.48. The molecule has 2 fully saturated rings. The molecular formula is C22H27N5O5. The van der Waals surface area contributed by atoms with Gasteiger partial charge in [0, 0.05) is 19.3 Å². The molecule has 2 aliphatic rings. The molecule has 4 rings (SSSR count). The molecule has 2 aliphatic heterocycles. The lowest BCUT2D eigenvalue weighted by Crippen LogP contribution is -2.70. The first-order valence-corrected chi connectivity index (χ1v) is 10.6. The molecule has 0 radical (unpaired) electrons. The molecule has 2 atom stereocenters. The number of amides is 3. The molecule has 3 amide bonds. The summed E-state index contributed by atoms with van der Waals surface area (Å²) in [4.78, 5) is 47.6. The number of aryl methyl sites for hydroxylation is 1. The summed E-state index contributed by atoms with van der Waals surface area (Å²) >= 11 is 0. The monoisotopic (exact) mass is 441 g/mol. The molecular weight excluding hydrogens is 414 g/mol. The van der Waals surface area contributed by atoms with E-state index >= 15 is 0 Å². The molecule has 2 saturated heterocycles. The number of nitrogens with zero attached hydrogens (tertiary/aromatic N) is 5. The first-order chi connectivity index (χ1) is 15.3. The third kappa shape index (κ3) is 4.45. The number of piperazine rings is 1. The molecule has 170 valence electrons. The molecule has 32 heavy (non-hydrogen) atoms. The van der Waals surface area contributed by atoms with Gasteiger partial charge in [-0.05, 0) is 17.9 Å². The maximum Gasteiger partial charge on any atom is 0.436 e. The van der Waals surface area contributed by atoms with E-state index in [9.17, 15) is 14.4 Å². The molecule has 1 aromatic heterocycles. The lowest BCUT2D eigenvalue weighted by molar-refractivity contribution is -0.256. The Morgan fingerprint density at radius 1 is 1.22 bits per heavy atom. The van der Waals surface area contributed by atoms with Crippen molar-refractivity contribution in [1.29, 1.82) is 0 Å². The number of ether oxygens (including phenoxy) is 1. The molecule has 0 spiro atoms. The minimum atomic E-state index is -0.857. The van der Waals surface area contributed by atoms with Crippen LogP contribution in [0.3, 0.4) is 0 Å². The van der Waals surface area contributed by atoms with Crippen LogP contribution in [0.5, 0.6) is 0 Å². The van der Waals surface area contributed by atoms with Gasteiger partial charge in [-0.1, -0.05) is 44.2 Å². The van der Waals surface area contributed by atoms with Crippen molar-refractivity contribution in [2.24, 2.45) is 13.0 Å². The zero-order chi connectivity index (χ0) is 22.8. The SMILES string of the molecule is CC(C)CC1ON(C(=O)OCc2ccccc2)C2CN(c3ccn(C)n3)C(=O)CN2C1=O. The Kier molecular flexibility index (Phi) is 6.13. The number of rotatable bonds is 5. The molecule has 2 aromatic rings. The standard InChI is InChI=1S/C22H27N5O5/c1-15(2)11-17-21(29)26-13-20(28)25(18-9-10-24(3)23-18)12-19(26)27(32-17)22(30)31-14-16-7-5-4-6-8-16/h4-10,15,17,19H,11-14H2,1-3H3. The van der Waals surface area contributed by atoms with Crippen molar-refractivity contribution < 1.29 is 24.0 Å². The van der Waals surface area contributed by atoms with Crippen LogP contribution in [0.2, 0.25) is 0 Å². The number of carbonyl (C=O) groups excluding carboxylic acids is 3. The number of fused-ring (bicyclic) bond motifs is 1. The predicted octanol–water partition coefficient (Wildman–Crippen LogP) is 1.92. The van der Waals surface area contributed by atoms with Gasteiger partial charge in [-0.25, -0.2) is 4.79 Å². The van der Waals surface area contributed by atoms with Crippen LogP contribution >= 0.6 is 0 Å². The molecule has 10 heteroatoms. The maximum atomic E-state index is 13.1. The van der Waals surface area contributed by atoms with E-state index in [1.165, 1.54) is 9.80 Å². The molecule has 2 unspecified atom stereocenters. The van der Waals surface area contributed by atoms with Crippen LogP contribution in [-0.2, 0) is 32.8 Å². The molecule has 0 bridgehead atoms. The van der Waals surface area contributed by atoms with Gasteiger partial charge in [0.15, 0.2) is 18.1 Å². The van der Waals surface area contributed by atoms with Crippen LogP contribution in [0.25, 0.3) is 0 Å². The van der Waals surface area contributed by atoms with Crippen molar-refractivity contribution in [1.82, 2.24) is 19.7 Å². The number of aromatic nitrogens is 2. The maximum absolute atomic E-state index is 13.1. The summed E-state index contributed by atoms with van der Waals surface area (Å²) in [5, 5.41) is 5.38. The van der Waals surface area contributed by atoms with Gasteiger partial charge in [-0.2, -0.15) is 10.2 Å². The average Bonchev–Trinajstić information content (AvgIpc) is 3.20.